The fourth-order valence-electron chi connectivity index (χ4n) is 2.05. The highest BCUT2D eigenvalue weighted by Gasteiger charge is 2.38. The van der Waals surface area contributed by atoms with Crippen LogP contribution in [-0.4, -0.2) is 55.7 Å². The Bertz CT molecular complexity index is 466. The Morgan fingerprint density at radius 2 is 1.62 bits per heavy atom. The minimum Gasteiger partial charge on any atom is -0.481 e. The highest BCUT2D eigenvalue weighted by atomic mass is 28.4. The number of hydrogen-bond acceptors (Lipinski definition) is 4. The SMILES string of the molecule is CN(C(=O)OC(C)(C)C)C(CCCCC(=O)O)CO[Si](C)(C)C(C)(C)C. The van der Waals surface area contributed by atoms with Gasteiger partial charge in [0.2, 0.25) is 0 Å². The summed E-state index contributed by atoms with van der Waals surface area (Å²) in [6.45, 7) is 16.9. The summed E-state index contributed by atoms with van der Waals surface area (Å²) in [7, 11) is -0.206. The molecule has 0 fully saturated rings. The van der Waals surface area contributed by atoms with Crippen molar-refractivity contribution in [3.05, 3.63) is 0 Å². The maximum Gasteiger partial charge on any atom is 0.410 e. The molecule has 0 aliphatic heterocycles. The zero-order valence-electron chi connectivity index (χ0n) is 18.1. The van der Waals surface area contributed by atoms with E-state index in [0.717, 1.165) is 6.42 Å². The lowest BCUT2D eigenvalue weighted by Crippen LogP contribution is -2.47. The number of carboxylic acids is 1. The van der Waals surface area contributed by atoms with Crippen molar-refractivity contribution < 1.29 is 23.9 Å². The molecule has 1 unspecified atom stereocenters. The second kappa shape index (κ2) is 9.74. The maximum absolute atomic E-state index is 12.4. The molecular formula is C19H39NO5Si. The number of ether oxygens (including phenoxy) is 1. The molecule has 0 radical (unpaired) electrons. The lowest BCUT2D eigenvalue weighted by molar-refractivity contribution is -0.137. The van der Waals surface area contributed by atoms with Gasteiger partial charge in [0.25, 0.3) is 0 Å². The largest absolute Gasteiger partial charge is 0.481 e. The number of carboxylic acid groups (broad SMARTS) is 1. The highest BCUT2D eigenvalue weighted by molar-refractivity contribution is 6.74. The number of amides is 1. The van der Waals surface area contributed by atoms with Gasteiger partial charge >= 0.3 is 12.1 Å². The molecule has 0 spiro atoms. The lowest BCUT2D eigenvalue weighted by atomic mass is 10.1. The van der Waals surface area contributed by atoms with E-state index in [4.69, 9.17) is 14.3 Å². The number of likely N-dealkylation sites (N-methyl/N-ethyl adjacent to an activating group) is 1. The van der Waals surface area contributed by atoms with Gasteiger partial charge in [0.1, 0.15) is 5.60 Å². The molecule has 1 amide bonds. The quantitative estimate of drug-likeness (QED) is 0.449. The minimum atomic E-state index is -1.93. The molecule has 26 heavy (non-hydrogen) atoms. The Morgan fingerprint density at radius 3 is 2.04 bits per heavy atom. The van der Waals surface area contributed by atoms with Crippen LogP contribution in [0.4, 0.5) is 4.79 Å². The van der Waals surface area contributed by atoms with Gasteiger partial charge in [-0.05, 0) is 51.7 Å². The van der Waals surface area contributed by atoms with E-state index in [1.807, 2.05) is 20.8 Å². The van der Waals surface area contributed by atoms with Crippen LogP contribution in [0.1, 0.15) is 67.2 Å². The van der Waals surface area contributed by atoms with Crippen molar-refractivity contribution in [1.29, 1.82) is 0 Å². The fraction of sp³-hybridized carbons (Fsp3) is 0.895. The van der Waals surface area contributed by atoms with Gasteiger partial charge in [-0.25, -0.2) is 4.79 Å². The smallest absolute Gasteiger partial charge is 0.410 e. The van der Waals surface area contributed by atoms with Crippen molar-refractivity contribution in [2.45, 2.75) is 97.0 Å². The second-order valence-electron chi connectivity index (χ2n) is 9.46. The summed E-state index contributed by atoms with van der Waals surface area (Å²) in [5, 5.41) is 8.89. The van der Waals surface area contributed by atoms with E-state index in [1.54, 1.807) is 11.9 Å². The molecule has 0 bridgehead atoms. The average molecular weight is 390 g/mol. The first-order chi connectivity index (χ1) is 11.6. The van der Waals surface area contributed by atoms with Gasteiger partial charge < -0.3 is 19.2 Å². The molecule has 0 heterocycles. The third kappa shape index (κ3) is 9.57. The van der Waals surface area contributed by atoms with Crippen LogP contribution in [0.5, 0.6) is 0 Å². The fourth-order valence-corrected chi connectivity index (χ4v) is 3.09. The van der Waals surface area contributed by atoms with E-state index >= 15 is 0 Å². The Balaban J connectivity index is 4.98. The van der Waals surface area contributed by atoms with Crippen LogP contribution in [-0.2, 0) is 14.0 Å². The average Bonchev–Trinajstić information content (AvgIpc) is 2.42. The number of aliphatic carboxylic acids is 1. The molecule has 1 atom stereocenters. The maximum atomic E-state index is 12.4. The molecule has 7 heteroatoms. The number of hydrogen-bond donors (Lipinski definition) is 1. The Hall–Kier alpha value is -1.08. The monoisotopic (exact) mass is 389 g/mol. The van der Waals surface area contributed by atoms with Gasteiger partial charge in [-0.2, -0.15) is 0 Å². The normalized spacial score (nSPS) is 14.0. The van der Waals surface area contributed by atoms with Gasteiger partial charge in [0, 0.05) is 13.5 Å². The summed E-state index contributed by atoms with van der Waals surface area (Å²) in [6.07, 6.45) is 1.78. The van der Waals surface area contributed by atoms with E-state index in [1.165, 1.54) is 0 Å². The summed E-state index contributed by atoms with van der Waals surface area (Å²) >= 11 is 0. The molecule has 154 valence electrons. The standard InChI is InChI=1S/C19H39NO5Si/c1-18(2,3)25-17(23)20(7)15(12-10-11-13-16(21)22)14-24-26(8,9)19(4,5)6/h15H,10-14H2,1-9H3,(H,21,22). The molecular weight excluding hydrogens is 350 g/mol. The molecule has 0 rings (SSSR count). The van der Waals surface area contributed by atoms with E-state index in [0.29, 0.717) is 19.4 Å². The summed E-state index contributed by atoms with van der Waals surface area (Å²) in [5.41, 5.74) is -0.556. The van der Waals surface area contributed by atoms with Crippen LogP contribution in [0.2, 0.25) is 18.1 Å². The molecule has 0 aromatic rings. The van der Waals surface area contributed by atoms with E-state index in [-0.39, 0.29) is 23.6 Å². The van der Waals surface area contributed by atoms with Crippen molar-refractivity contribution in [1.82, 2.24) is 4.90 Å². The third-order valence-electron chi connectivity index (χ3n) is 4.85. The van der Waals surface area contributed by atoms with Crippen molar-refractivity contribution >= 4 is 20.4 Å². The molecule has 0 aliphatic rings. The molecule has 0 saturated carbocycles. The first-order valence-corrected chi connectivity index (χ1v) is 12.3. The molecule has 1 N–H and O–H groups in total. The van der Waals surface area contributed by atoms with Crippen molar-refractivity contribution in [2.75, 3.05) is 13.7 Å². The van der Waals surface area contributed by atoms with Gasteiger partial charge in [-0.15, -0.1) is 0 Å². The molecule has 0 aromatic heterocycles. The number of carbonyl (C=O) groups is 2. The zero-order valence-corrected chi connectivity index (χ0v) is 19.1. The van der Waals surface area contributed by atoms with Crippen molar-refractivity contribution in [3.8, 4) is 0 Å². The molecule has 6 nitrogen and oxygen atoms in total. The third-order valence-corrected chi connectivity index (χ3v) is 9.35. The van der Waals surface area contributed by atoms with Crippen molar-refractivity contribution in [2.24, 2.45) is 0 Å². The number of nitrogens with zero attached hydrogens (tertiary/aromatic N) is 1. The van der Waals surface area contributed by atoms with Crippen LogP contribution >= 0.6 is 0 Å². The summed E-state index contributed by atoms with van der Waals surface area (Å²) < 4.78 is 11.8. The topological polar surface area (TPSA) is 76.1 Å². The molecule has 0 aliphatic carbocycles. The van der Waals surface area contributed by atoms with Crippen LogP contribution in [0.25, 0.3) is 0 Å². The highest BCUT2D eigenvalue weighted by Crippen LogP contribution is 2.36. The van der Waals surface area contributed by atoms with E-state index in [2.05, 4.69) is 33.9 Å². The summed E-state index contributed by atoms with van der Waals surface area (Å²) in [6, 6.07) is -0.132. The Labute approximate surface area is 160 Å². The van der Waals surface area contributed by atoms with E-state index in [9.17, 15) is 9.59 Å². The van der Waals surface area contributed by atoms with E-state index < -0.39 is 19.9 Å². The predicted octanol–water partition coefficient (Wildman–Crippen LogP) is 4.89. The van der Waals surface area contributed by atoms with Crippen LogP contribution in [0, 0.1) is 0 Å². The number of unbranched alkanes of at least 4 members (excludes halogenated alkanes) is 1. The predicted molar refractivity (Wildman–Crippen MR) is 107 cm³/mol. The first-order valence-electron chi connectivity index (χ1n) is 9.38. The van der Waals surface area contributed by atoms with Gasteiger partial charge in [0.15, 0.2) is 8.32 Å². The van der Waals surface area contributed by atoms with Gasteiger partial charge in [-0.3, -0.25) is 4.79 Å². The lowest BCUT2D eigenvalue weighted by Gasteiger charge is -2.39. The first kappa shape index (κ1) is 24.9. The Morgan fingerprint density at radius 1 is 1.08 bits per heavy atom. The second-order valence-corrected chi connectivity index (χ2v) is 14.3. The van der Waals surface area contributed by atoms with Gasteiger partial charge in [0.05, 0.1) is 12.6 Å². The minimum absolute atomic E-state index is 0.0886. The van der Waals surface area contributed by atoms with Crippen LogP contribution in [0.15, 0.2) is 0 Å². The number of carbonyl (C=O) groups excluding carboxylic acids is 1. The zero-order chi connectivity index (χ0) is 20.8. The molecule has 0 saturated heterocycles. The molecule has 0 aromatic carbocycles. The Kier molecular flexibility index (Phi) is 9.33. The van der Waals surface area contributed by atoms with Crippen LogP contribution in [0.3, 0.4) is 0 Å². The van der Waals surface area contributed by atoms with Gasteiger partial charge in [-0.1, -0.05) is 27.2 Å². The summed E-state index contributed by atoms with van der Waals surface area (Å²) in [4.78, 5) is 24.7. The van der Waals surface area contributed by atoms with Crippen LogP contribution < -0.4 is 0 Å². The van der Waals surface area contributed by atoms with Crippen molar-refractivity contribution in [3.63, 3.8) is 0 Å². The summed E-state index contributed by atoms with van der Waals surface area (Å²) in [5.74, 6) is -0.792. The number of rotatable bonds is 9.